The summed E-state index contributed by atoms with van der Waals surface area (Å²) in [6, 6.07) is 7.42. The van der Waals surface area contributed by atoms with E-state index in [1.54, 1.807) is 7.11 Å². The van der Waals surface area contributed by atoms with Crippen LogP contribution < -0.4 is 10.5 Å². The number of carbonyl (C=O) groups is 1. The summed E-state index contributed by atoms with van der Waals surface area (Å²) >= 11 is 0. The molecule has 1 aromatic carbocycles. The van der Waals surface area contributed by atoms with E-state index in [1.807, 2.05) is 29.2 Å². The molecule has 2 unspecified atom stereocenters. The molecule has 5 heteroatoms. The summed E-state index contributed by atoms with van der Waals surface area (Å²) in [7, 11) is 1.71. The van der Waals surface area contributed by atoms with Gasteiger partial charge in [-0.15, -0.1) is 0 Å². The second-order valence-electron chi connectivity index (χ2n) is 5.65. The summed E-state index contributed by atoms with van der Waals surface area (Å²) in [6.45, 7) is 3.85. The molecule has 5 nitrogen and oxygen atoms in total. The first-order valence-corrected chi connectivity index (χ1v) is 7.96. The number of carbonyl (C=O) groups excluding carboxylic acids is 1. The van der Waals surface area contributed by atoms with Crippen LogP contribution in [0.1, 0.15) is 36.5 Å². The summed E-state index contributed by atoms with van der Waals surface area (Å²) in [4.78, 5) is 14.6. The Balaban J connectivity index is 2.09. The van der Waals surface area contributed by atoms with Crippen molar-refractivity contribution in [2.24, 2.45) is 5.73 Å². The quantitative estimate of drug-likeness (QED) is 0.873. The standard InChI is InChI=1S/C17H26N2O3/c1-3-9-22-16-6-4-5-13(10-16)17(20)19-8-7-15(21-2)11-14(19)12-18/h4-6,10,14-15H,3,7-9,11-12,18H2,1-2H3. The molecule has 22 heavy (non-hydrogen) atoms. The summed E-state index contributed by atoms with van der Waals surface area (Å²) in [5.74, 6) is 0.760. The maximum absolute atomic E-state index is 12.8. The number of ether oxygens (including phenoxy) is 2. The molecule has 122 valence electrons. The zero-order chi connectivity index (χ0) is 15.9. The van der Waals surface area contributed by atoms with Gasteiger partial charge in [-0.1, -0.05) is 13.0 Å². The molecule has 0 bridgehead atoms. The second-order valence-corrected chi connectivity index (χ2v) is 5.65. The molecule has 1 aliphatic rings. The lowest BCUT2D eigenvalue weighted by Gasteiger charge is -2.38. The Morgan fingerprint density at radius 3 is 2.95 bits per heavy atom. The van der Waals surface area contributed by atoms with Crippen LogP contribution in [0.3, 0.4) is 0 Å². The minimum absolute atomic E-state index is 0.0203. The van der Waals surface area contributed by atoms with Crippen molar-refractivity contribution in [3.63, 3.8) is 0 Å². The van der Waals surface area contributed by atoms with Gasteiger partial charge < -0.3 is 20.1 Å². The molecular weight excluding hydrogens is 280 g/mol. The van der Waals surface area contributed by atoms with Crippen molar-refractivity contribution in [3.8, 4) is 5.75 Å². The lowest BCUT2D eigenvalue weighted by Crippen LogP contribution is -2.51. The summed E-state index contributed by atoms with van der Waals surface area (Å²) in [5.41, 5.74) is 6.50. The Bertz CT molecular complexity index is 493. The molecule has 0 saturated carbocycles. The molecule has 0 aromatic heterocycles. The predicted molar refractivity (Wildman–Crippen MR) is 86.1 cm³/mol. The first-order valence-electron chi connectivity index (χ1n) is 7.96. The summed E-state index contributed by atoms with van der Waals surface area (Å²) < 4.78 is 11.0. The normalized spacial score (nSPS) is 21.7. The van der Waals surface area contributed by atoms with Gasteiger partial charge in [-0.3, -0.25) is 4.79 Å². The fraction of sp³-hybridized carbons (Fsp3) is 0.588. The fourth-order valence-electron chi connectivity index (χ4n) is 2.82. The number of likely N-dealkylation sites (tertiary alicyclic amines) is 1. The molecule has 2 rings (SSSR count). The molecular formula is C17H26N2O3. The van der Waals surface area contributed by atoms with E-state index in [0.29, 0.717) is 25.3 Å². The Kier molecular flexibility index (Phi) is 6.21. The van der Waals surface area contributed by atoms with Gasteiger partial charge in [0.25, 0.3) is 5.91 Å². The molecule has 1 aliphatic heterocycles. The van der Waals surface area contributed by atoms with Crippen LogP contribution in [0.25, 0.3) is 0 Å². The lowest BCUT2D eigenvalue weighted by molar-refractivity contribution is 0.0139. The van der Waals surface area contributed by atoms with Crippen LogP contribution in [-0.4, -0.2) is 49.8 Å². The number of methoxy groups -OCH3 is 1. The minimum Gasteiger partial charge on any atom is -0.494 e. The number of nitrogens with two attached hydrogens (primary N) is 1. The van der Waals surface area contributed by atoms with Gasteiger partial charge in [0, 0.05) is 31.8 Å². The fourth-order valence-corrected chi connectivity index (χ4v) is 2.82. The highest BCUT2D eigenvalue weighted by atomic mass is 16.5. The van der Waals surface area contributed by atoms with Gasteiger partial charge in [0.15, 0.2) is 0 Å². The van der Waals surface area contributed by atoms with Gasteiger partial charge in [-0.2, -0.15) is 0 Å². The number of benzene rings is 1. The van der Waals surface area contributed by atoms with E-state index >= 15 is 0 Å². The molecule has 2 atom stereocenters. The smallest absolute Gasteiger partial charge is 0.254 e. The van der Waals surface area contributed by atoms with Crippen molar-refractivity contribution >= 4 is 5.91 Å². The van der Waals surface area contributed by atoms with Crippen molar-refractivity contribution < 1.29 is 14.3 Å². The molecule has 0 aliphatic carbocycles. The molecule has 2 N–H and O–H groups in total. The van der Waals surface area contributed by atoms with Crippen molar-refractivity contribution in [2.75, 3.05) is 26.8 Å². The van der Waals surface area contributed by atoms with Crippen molar-refractivity contribution in [1.82, 2.24) is 4.90 Å². The average Bonchev–Trinajstić information content (AvgIpc) is 2.58. The number of rotatable bonds is 6. The number of amides is 1. The first kappa shape index (κ1) is 16.8. The van der Waals surface area contributed by atoms with Gasteiger partial charge in [-0.25, -0.2) is 0 Å². The third-order valence-corrected chi connectivity index (χ3v) is 4.09. The third kappa shape index (κ3) is 3.99. The highest BCUT2D eigenvalue weighted by Gasteiger charge is 2.31. The van der Waals surface area contributed by atoms with E-state index < -0.39 is 0 Å². The van der Waals surface area contributed by atoms with E-state index in [1.165, 1.54) is 0 Å². The number of hydrogen-bond acceptors (Lipinski definition) is 4. The van der Waals surface area contributed by atoms with E-state index in [2.05, 4.69) is 6.92 Å². The largest absolute Gasteiger partial charge is 0.494 e. The van der Waals surface area contributed by atoms with Gasteiger partial charge in [0.05, 0.1) is 12.7 Å². The second kappa shape index (κ2) is 8.15. The average molecular weight is 306 g/mol. The Hall–Kier alpha value is -1.59. The third-order valence-electron chi connectivity index (χ3n) is 4.09. The van der Waals surface area contributed by atoms with Gasteiger partial charge in [0.1, 0.15) is 5.75 Å². The van der Waals surface area contributed by atoms with Crippen LogP contribution >= 0.6 is 0 Å². The predicted octanol–water partition coefficient (Wildman–Crippen LogP) is 2.05. The van der Waals surface area contributed by atoms with Crippen LogP contribution in [0, 0.1) is 0 Å². The van der Waals surface area contributed by atoms with Crippen molar-refractivity contribution in [3.05, 3.63) is 29.8 Å². The Morgan fingerprint density at radius 2 is 2.27 bits per heavy atom. The maximum atomic E-state index is 12.8. The zero-order valence-corrected chi connectivity index (χ0v) is 13.5. The zero-order valence-electron chi connectivity index (χ0n) is 13.5. The molecule has 0 spiro atoms. The van der Waals surface area contributed by atoms with Gasteiger partial charge in [0.2, 0.25) is 0 Å². The number of nitrogens with zero attached hydrogens (tertiary/aromatic N) is 1. The minimum atomic E-state index is 0.0203. The molecule has 1 saturated heterocycles. The Labute approximate surface area is 132 Å². The van der Waals surface area contributed by atoms with Crippen LogP contribution in [-0.2, 0) is 4.74 Å². The Morgan fingerprint density at radius 1 is 1.45 bits per heavy atom. The van der Waals surface area contributed by atoms with Crippen LogP contribution in [0.2, 0.25) is 0 Å². The number of hydrogen-bond donors (Lipinski definition) is 1. The van der Waals surface area contributed by atoms with Crippen LogP contribution in [0.5, 0.6) is 5.75 Å². The van der Waals surface area contributed by atoms with Gasteiger partial charge >= 0.3 is 0 Å². The van der Waals surface area contributed by atoms with Gasteiger partial charge in [-0.05, 0) is 37.5 Å². The molecule has 1 amide bonds. The SMILES string of the molecule is CCCOc1cccc(C(=O)N2CCC(OC)CC2CN)c1. The van der Waals surface area contributed by atoms with Crippen molar-refractivity contribution in [1.29, 1.82) is 0 Å². The van der Waals surface area contributed by atoms with E-state index in [4.69, 9.17) is 15.2 Å². The molecule has 0 radical (unpaired) electrons. The molecule has 1 fully saturated rings. The van der Waals surface area contributed by atoms with Crippen LogP contribution in [0.4, 0.5) is 0 Å². The highest BCUT2D eigenvalue weighted by Crippen LogP contribution is 2.23. The topological polar surface area (TPSA) is 64.8 Å². The van der Waals surface area contributed by atoms with E-state index in [9.17, 15) is 4.79 Å². The highest BCUT2D eigenvalue weighted by molar-refractivity contribution is 5.95. The number of piperidine rings is 1. The first-order chi connectivity index (χ1) is 10.7. The van der Waals surface area contributed by atoms with Crippen LogP contribution in [0.15, 0.2) is 24.3 Å². The van der Waals surface area contributed by atoms with Crippen molar-refractivity contribution in [2.45, 2.75) is 38.3 Å². The molecule has 1 aromatic rings. The summed E-state index contributed by atoms with van der Waals surface area (Å²) in [6.07, 6.45) is 2.78. The summed E-state index contributed by atoms with van der Waals surface area (Å²) in [5, 5.41) is 0. The van der Waals surface area contributed by atoms with E-state index in [-0.39, 0.29) is 18.1 Å². The monoisotopic (exact) mass is 306 g/mol. The van der Waals surface area contributed by atoms with E-state index in [0.717, 1.165) is 25.0 Å². The maximum Gasteiger partial charge on any atom is 0.254 e. The molecule has 1 heterocycles. The lowest BCUT2D eigenvalue weighted by atomic mass is 9.98.